The van der Waals surface area contributed by atoms with Gasteiger partial charge in [-0.25, -0.2) is 4.98 Å². The summed E-state index contributed by atoms with van der Waals surface area (Å²) < 4.78 is 1.05. The molecule has 0 atom stereocenters. The Kier molecular flexibility index (Phi) is 4.07. The lowest BCUT2D eigenvalue weighted by Crippen LogP contribution is -1.99. The predicted molar refractivity (Wildman–Crippen MR) is 99.3 cm³/mol. The molecule has 0 radical (unpaired) electrons. The molecule has 0 fully saturated rings. The molecule has 1 aromatic heterocycles. The fraction of sp³-hybridized carbons (Fsp3) is 0. The quantitative estimate of drug-likeness (QED) is 0.621. The minimum atomic E-state index is 0.827. The van der Waals surface area contributed by atoms with Gasteiger partial charge in [0.1, 0.15) is 0 Å². The highest BCUT2D eigenvalue weighted by Gasteiger charge is 2.11. The SMILES string of the molecule is C=Cc1nc2ccccc2c(Nc2ccc(Br)cc2)c1C=C. The first-order valence-corrected chi connectivity index (χ1v) is 7.72. The van der Waals surface area contributed by atoms with E-state index in [1.807, 2.05) is 48.5 Å². The van der Waals surface area contributed by atoms with Gasteiger partial charge in [0.2, 0.25) is 0 Å². The molecule has 0 bridgehead atoms. The van der Waals surface area contributed by atoms with E-state index in [2.05, 4.69) is 45.5 Å². The highest BCUT2D eigenvalue weighted by atomic mass is 79.9. The first kappa shape index (κ1) is 14.5. The first-order chi connectivity index (χ1) is 10.7. The maximum Gasteiger partial charge on any atom is 0.0730 e. The van der Waals surface area contributed by atoms with Gasteiger partial charge in [0.25, 0.3) is 0 Å². The molecule has 1 heterocycles. The van der Waals surface area contributed by atoms with Gasteiger partial charge in [-0.2, -0.15) is 0 Å². The van der Waals surface area contributed by atoms with Gasteiger partial charge in [-0.15, -0.1) is 0 Å². The van der Waals surface area contributed by atoms with Gasteiger partial charge in [0.05, 0.1) is 16.9 Å². The average molecular weight is 351 g/mol. The van der Waals surface area contributed by atoms with E-state index in [0.717, 1.165) is 38.0 Å². The molecule has 2 nitrogen and oxygen atoms in total. The van der Waals surface area contributed by atoms with Crippen LogP contribution in [0.2, 0.25) is 0 Å². The number of halogens is 1. The molecule has 0 aliphatic heterocycles. The Morgan fingerprint density at radius 3 is 2.36 bits per heavy atom. The first-order valence-electron chi connectivity index (χ1n) is 6.93. The second-order valence-electron chi connectivity index (χ2n) is 4.84. The van der Waals surface area contributed by atoms with Crippen LogP contribution in [0, 0.1) is 0 Å². The summed E-state index contributed by atoms with van der Waals surface area (Å²) in [4.78, 5) is 4.64. The molecule has 0 saturated carbocycles. The number of fused-ring (bicyclic) bond motifs is 1. The molecule has 22 heavy (non-hydrogen) atoms. The van der Waals surface area contributed by atoms with Crippen molar-refractivity contribution in [2.75, 3.05) is 5.32 Å². The molecular formula is C19H15BrN2. The zero-order valence-corrected chi connectivity index (χ0v) is 13.6. The van der Waals surface area contributed by atoms with E-state index >= 15 is 0 Å². The van der Waals surface area contributed by atoms with Crippen molar-refractivity contribution in [2.24, 2.45) is 0 Å². The molecular weight excluding hydrogens is 336 g/mol. The molecule has 0 spiro atoms. The summed E-state index contributed by atoms with van der Waals surface area (Å²) in [6.45, 7) is 7.79. The van der Waals surface area contributed by atoms with Gasteiger partial charge in [0, 0.05) is 21.1 Å². The van der Waals surface area contributed by atoms with E-state index in [4.69, 9.17) is 0 Å². The second-order valence-corrected chi connectivity index (χ2v) is 5.76. The number of para-hydroxylation sites is 1. The maximum absolute atomic E-state index is 4.64. The molecule has 0 saturated heterocycles. The van der Waals surface area contributed by atoms with E-state index < -0.39 is 0 Å². The van der Waals surface area contributed by atoms with Crippen LogP contribution in [0.3, 0.4) is 0 Å². The molecule has 0 aliphatic rings. The third-order valence-corrected chi connectivity index (χ3v) is 4.00. The van der Waals surface area contributed by atoms with Crippen molar-refractivity contribution in [2.45, 2.75) is 0 Å². The van der Waals surface area contributed by atoms with Crippen molar-refractivity contribution in [1.29, 1.82) is 0 Å². The Bertz CT molecular complexity index is 851. The summed E-state index contributed by atoms with van der Waals surface area (Å²) in [6.07, 6.45) is 3.58. The third-order valence-electron chi connectivity index (χ3n) is 3.47. The van der Waals surface area contributed by atoms with Gasteiger partial charge in [0.15, 0.2) is 0 Å². The number of pyridine rings is 1. The number of hydrogen-bond acceptors (Lipinski definition) is 2. The fourth-order valence-corrected chi connectivity index (χ4v) is 2.68. The fourth-order valence-electron chi connectivity index (χ4n) is 2.42. The Morgan fingerprint density at radius 2 is 1.68 bits per heavy atom. The number of benzene rings is 2. The van der Waals surface area contributed by atoms with Gasteiger partial charge in [-0.3, -0.25) is 0 Å². The van der Waals surface area contributed by atoms with Crippen LogP contribution in [0.25, 0.3) is 23.1 Å². The zero-order chi connectivity index (χ0) is 15.5. The van der Waals surface area contributed by atoms with Gasteiger partial charge < -0.3 is 5.32 Å². The molecule has 0 unspecified atom stereocenters. The average Bonchev–Trinajstić information content (AvgIpc) is 2.56. The summed E-state index contributed by atoms with van der Waals surface area (Å²) in [5.41, 5.74) is 4.73. The van der Waals surface area contributed by atoms with E-state index in [1.54, 1.807) is 6.08 Å². The molecule has 1 N–H and O–H groups in total. The highest BCUT2D eigenvalue weighted by Crippen LogP contribution is 2.32. The smallest absolute Gasteiger partial charge is 0.0730 e. The molecule has 3 rings (SSSR count). The van der Waals surface area contributed by atoms with Crippen molar-refractivity contribution in [3.05, 3.63) is 77.4 Å². The molecule has 108 valence electrons. The summed E-state index contributed by atoms with van der Waals surface area (Å²) in [5, 5.41) is 4.55. The number of rotatable bonds is 4. The van der Waals surface area contributed by atoms with E-state index in [9.17, 15) is 0 Å². The monoisotopic (exact) mass is 350 g/mol. The van der Waals surface area contributed by atoms with E-state index in [-0.39, 0.29) is 0 Å². The van der Waals surface area contributed by atoms with Crippen LogP contribution >= 0.6 is 15.9 Å². The Labute approximate surface area is 138 Å². The van der Waals surface area contributed by atoms with Crippen molar-refractivity contribution in [1.82, 2.24) is 4.98 Å². The van der Waals surface area contributed by atoms with Gasteiger partial charge >= 0.3 is 0 Å². The summed E-state index contributed by atoms with van der Waals surface area (Å²) in [6, 6.07) is 16.1. The number of nitrogens with zero attached hydrogens (tertiary/aromatic N) is 1. The Hall–Kier alpha value is -2.39. The summed E-state index contributed by atoms with van der Waals surface area (Å²) in [7, 11) is 0. The zero-order valence-electron chi connectivity index (χ0n) is 12.0. The standard InChI is InChI=1S/C19H15BrN2/c1-3-15-17(4-2)22-18-8-6-5-7-16(18)19(15)21-14-11-9-13(20)10-12-14/h3-12H,1-2H2,(H,21,22). The van der Waals surface area contributed by atoms with E-state index in [0.29, 0.717) is 0 Å². The van der Waals surface area contributed by atoms with Crippen LogP contribution in [-0.2, 0) is 0 Å². The van der Waals surface area contributed by atoms with Crippen LogP contribution in [0.1, 0.15) is 11.3 Å². The molecule has 3 aromatic rings. The number of hydrogen-bond donors (Lipinski definition) is 1. The highest BCUT2D eigenvalue weighted by molar-refractivity contribution is 9.10. The van der Waals surface area contributed by atoms with Crippen LogP contribution in [0.5, 0.6) is 0 Å². The molecule has 3 heteroatoms. The number of anilines is 2. The minimum Gasteiger partial charge on any atom is -0.354 e. The lowest BCUT2D eigenvalue weighted by atomic mass is 10.0. The summed E-state index contributed by atoms with van der Waals surface area (Å²) >= 11 is 3.45. The summed E-state index contributed by atoms with van der Waals surface area (Å²) in [5.74, 6) is 0. The van der Waals surface area contributed by atoms with Crippen molar-refractivity contribution < 1.29 is 0 Å². The maximum atomic E-state index is 4.64. The van der Waals surface area contributed by atoms with Crippen molar-refractivity contribution >= 4 is 50.4 Å². The lowest BCUT2D eigenvalue weighted by molar-refractivity contribution is 1.35. The minimum absolute atomic E-state index is 0.827. The van der Waals surface area contributed by atoms with Crippen LogP contribution in [-0.4, -0.2) is 4.98 Å². The van der Waals surface area contributed by atoms with Gasteiger partial charge in [-0.1, -0.05) is 53.4 Å². The second kappa shape index (κ2) is 6.16. The largest absolute Gasteiger partial charge is 0.354 e. The topological polar surface area (TPSA) is 24.9 Å². The Balaban J connectivity index is 2.22. The molecule has 0 amide bonds. The van der Waals surface area contributed by atoms with Crippen LogP contribution in [0.15, 0.2) is 66.2 Å². The van der Waals surface area contributed by atoms with E-state index in [1.165, 1.54) is 0 Å². The molecule has 0 aliphatic carbocycles. The number of aromatic nitrogens is 1. The van der Waals surface area contributed by atoms with Crippen molar-refractivity contribution in [3.8, 4) is 0 Å². The lowest BCUT2D eigenvalue weighted by Gasteiger charge is -2.15. The predicted octanol–water partition coefficient (Wildman–Crippen LogP) is 6.03. The number of nitrogens with one attached hydrogen (secondary N) is 1. The van der Waals surface area contributed by atoms with Crippen LogP contribution < -0.4 is 5.32 Å². The van der Waals surface area contributed by atoms with Crippen LogP contribution in [0.4, 0.5) is 11.4 Å². The Morgan fingerprint density at radius 1 is 0.955 bits per heavy atom. The van der Waals surface area contributed by atoms with Crippen molar-refractivity contribution in [3.63, 3.8) is 0 Å². The molecule has 2 aromatic carbocycles. The van der Waals surface area contributed by atoms with Gasteiger partial charge in [-0.05, 0) is 36.4 Å². The third kappa shape index (κ3) is 2.68. The normalized spacial score (nSPS) is 10.4.